The lowest BCUT2D eigenvalue weighted by Crippen LogP contribution is -2.46. The minimum absolute atomic E-state index is 0.319. The van der Waals surface area contributed by atoms with E-state index in [1.54, 1.807) is 29.7 Å². The Morgan fingerprint density at radius 1 is 1.46 bits per heavy atom. The van der Waals surface area contributed by atoms with Crippen LogP contribution in [0.1, 0.15) is 36.4 Å². The molecule has 0 spiro atoms. The van der Waals surface area contributed by atoms with Crippen molar-refractivity contribution in [1.82, 2.24) is 10.2 Å². The zero-order chi connectivity index (χ0) is 19.1. The number of primary amides is 1. The van der Waals surface area contributed by atoms with Crippen LogP contribution in [0.25, 0.3) is 0 Å². The number of nitrogens with zero attached hydrogens (tertiary/aromatic N) is 1. The van der Waals surface area contributed by atoms with E-state index in [9.17, 15) is 14.0 Å². The molecule has 8 heteroatoms. The molecule has 1 aromatic carbocycles. The molecule has 1 aliphatic heterocycles. The highest BCUT2D eigenvalue weighted by atomic mass is 32.2. The second-order valence-electron chi connectivity index (χ2n) is 6.37. The maximum Gasteiger partial charge on any atom is 0.407 e. The predicted molar refractivity (Wildman–Crippen MR) is 101 cm³/mol. The first-order chi connectivity index (χ1) is 12.4. The van der Waals surface area contributed by atoms with Crippen LogP contribution in [-0.4, -0.2) is 48.2 Å². The van der Waals surface area contributed by atoms with Crippen LogP contribution in [0, 0.1) is 12.7 Å². The Balaban J connectivity index is 2.02. The van der Waals surface area contributed by atoms with Crippen LogP contribution >= 0.6 is 11.8 Å². The van der Waals surface area contributed by atoms with Gasteiger partial charge in [0, 0.05) is 25.9 Å². The van der Waals surface area contributed by atoms with Crippen molar-refractivity contribution in [2.24, 2.45) is 5.73 Å². The first-order valence-corrected chi connectivity index (χ1v) is 10.1. The molecule has 6 nitrogen and oxygen atoms in total. The molecule has 0 aromatic heterocycles. The van der Waals surface area contributed by atoms with Crippen molar-refractivity contribution in [3.8, 4) is 0 Å². The molecule has 2 atom stereocenters. The lowest BCUT2D eigenvalue weighted by Gasteiger charge is -2.39. The quantitative estimate of drug-likeness (QED) is 0.739. The van der Waals surface area contributed by atoms with E-state index in [-0.39, 0.29) is 18.0 Å². The molecular weight excluding hydrogens is 357 g/mol. The summed E-state index contributed by atoms with van der Waals surface area (Å²) < 4.78 is 18.9. The smallest absolute Gasteiger partial charge is 0.407 e. The number of hydrogen-bond acceptors (Lipinski definition) is 4. The van der Waals surface area contributed by atoms with Gasteiger partial charge in [-0.3, -0.25) is 0 Å². The molecule has 3 amide bonds. The Morgan fingerprint density at radius 3 is 2.88 bits per heavy atom. The molecule has 0 radical (unpaired) electrons. The van der Waals surface area contributed by atoms with E-state index in [0.717, 1.165) is 23.3 Å². The fourth-order valence-corrected chi connectivity index (χ4v) is 3.64. The van der Waals surface area contributed by atoms with Crippen molar-refractivity contribution in [2.45, 2.75) is 38.3 Å². The van der Waals surface area contributed by atoms with Gasteiger partial charge in [0.2, 0.25) is 0 Å². The second kappa shape index (κ2) is 9.66. The number of nitrogens with two attached hydrogens (primary N) is 1. The molecule has 2 unspecified atom stereocenters. The molecule has 0 bridgehead atoms. The van der Waals surface area contributed by atoms with Gasteiger partial charge in [0.1, 0.15) is 11.9 Å². The van der Waals surface area contributed by atoms with Crippen molar-refractivity contribution in [2.75, 3.05) is 25.1 Å². The third-order valence-electron chi connectivity index (χ3n) is 4.50. The molecular formula is C18H26FN3O3S. The van der Waals surface area contributed by atoms with Crippen molar-refractivity contribution < 1.29 is 18.7 Å². The summed E-state index contributed by atoms with van der Waals surface area (Å²) in [6.07, 6.45) is 3.10. The van der Waals surface area contributed by atoms with Gasteiger partial charge in [-0.25, -0.2) is 14.0 Å². The van der Waals surface area contributed by atoms with Crippen LogP contribution in [0.4, 0.5) is 14.0 Å². The van der Waals surface area contributed by atoms with Crippen LogP contribution in [0.2, 0.25) is 0 Å². The third-order valence-corrected chi connectivity index (χ3v) is 5.19. The summed E-state index contributed by atoms with van der Waals surface area (Å²) in [4.78, 5) is 25.3. The van der Waals surface area contributed by atoms with Crippen molar-refractivity contribution in [1.29, 1.82) is 0 Å². The molecule has 1 saturated heterocycles. The number of likely N-dealkylation sites (tertiary alicyclic amines) is 1. The molecule has 0 aliphatic carbocycles. The average Bonchev–Trinajstić information content (AvgIpc) is 2.58. The molecule has 2 rings (SSSR count). The van der Waals surface area contributed by atoms with Gasteiger partial charge in [0.25, 0.3) is 0 Å². The number of amides is 3. The molecule has 1 aliphatic rings. The predicted octanol–water partition coefficient (Wildman–Crippen LogP) is 3.20. The summed E-state index contributed by atoms with van der Waals surface area (Å²) in [6.45, 7) is 2.75. The summed E-state index contributed by atoms with van der Waals surface area (Å²) in [5.41, 5.74) is 7.06. The van der Waals surface area contributed by atoms with Gasteiger partial charge in [-0.1, -0.05) is 6.07 Å². The van der Waals surface area contributed by atoms with Gasteiger partial charge in [-0.15, -0.1) is 0 Å². The van der Waals surface area contributed by atoms with E-state index >= 15 is 0 Å². The summed E-state index contributed by atoms with van der Waals surface area (Å²) in [7, 11) is 0. The number of carbonyl (C=O) groups is 2. The van der Waals surface area contributed by atoms with Gasteiger partial charge in [0.15, 0.2) is 0 Å². The number of urea groups is 1. The van der Waals surface area contributed by atoms with E-state index < -0.39 is 12.1 Å². The molecule has 26 heavy (non-hydrogen) atoms. The number of thioether (sulfide) groups is 1. The van der Waals surface area contributed by atoms with Gasteiger partial charge in [-0.2, -0.15) is 11.8 Å². The number of halogens is 1. The van der Waals surface area contributed by atoms with Crippen molar-refractivity contribution in [3.63, 3.8) is 0 Å². The first-order valence-electron chi connectivity index (χ1n) is 8.68. The minimum Gasteiger partial charge on any atom is -0.446 e. The second-order valence-corrected chi connectivity index (χ2v) is 7.36. The van der Waals surface area contributed by atoms with Crippen LogP contribution in [0.3, 0.4) is 0 Å². The lowest BCUT2D eigenvalue weighted by atomic mass is 9.91. The lowest BCUT2D eigenvalue weighted by molar-refractivity contribution is 0.0371. The zero-order valence-corrected chi connectivity index (χ0v) is 16.0. The van der Waals surface area contributed by atoms with E-state index in [1.165, 1.54) is 12.1 Å². The van der Waals surface area contributed by atoms with Crippen LogP contribution < -0.4 is 11.1 Å². The first kappa shape index (κ1) is 20.4. The molecule has 3 N–H and O–H groups in total. The molecule has 1 aromatic rings. The number of hydrogen-bond donors (Lipinski definition) is 2. The Bertz CT molecular complexity index is 644. The number of rotatable bonds is 6. The molecule has 0 saturated carbocycles. The largest absolute Gasteiger partial charge is 0.446 e. The number of ether oxygens (including phenoxy) is 1. The fourth-order valence-electron chi connectivity index (χ4n) is 3.21. The Labute approximate surface area is 157 Å². The summed E-state index contributed by atoms with van der Waals surface area (Å²) >= 11 is 1.72. The van der Waals surface area contributed by atoms with Crippen LogP contribution in [0.15, 0.2) is 18.2 Å². The summed E-state index contributed by atoms with van der Waals surface area (Å²) in [6, 6.07) is 3.59. The highest BCUT2D eigenvalue weighted by molar-refractivity contribution is 7.98. The number of carbonyl (C=O) groups excluding carboxylic acids is 2. The maximum atomic E-state index is 13.4. The monoisotopic (exact) mass is 383 g/mol. The van der Waals surface area contributed by atoms with E-state index in [0.29, 0.717) is 25.9 Å². The topological polar surface area (TPSA) is 84.7 Å². The third kappa shape index (κ3) is 5.52. The zero-order valence-electron chi connectivity index (χ0n) is 15.2. The SMILES string of the molecule is CSCCCNC(=O)OC1CCN(C(N)=O)C(c2ccc(F)cc2C)C1. The van der Waals surface area contributed by atoms with Gasteiger partial charge in [0.05, 0.1) is 6.04 Å². The van der Waals surface area contributed by atoms with E-state index in [4.69, 9.17) is 10.5 Å². The van der Waals surface area contributed by atoms with E-state index in [1.807, 2.05) is 6.26 Å². The Morgan fingerprint density at radius 2 is 2.23 bits per heavy atom. The molecule has 144 valence electrons. The van der Waals surface area contributed by atoms with Crippen LogP contribution in [0.5, 0.6) is 0 Å². The van der Waals surface area contributed by atoms with Crippen LogP contribution in [-0.2, 0) is 4.74 Å². The van der Waals surface area contributed by atoms with Gasteiger partial charge < -0.3 is 20.7 Å². The summed E-state index contributed by atoms with van der Waals surface area (Å²) in [5.74, 6) is 0.647. The van der Waals surface area contributed by atoms with Gasteiger partial charge in [-0.05, 0) is 48.6 Å². The fraction of sp³-hybridized carbons (Fsp3) is 0.556. The van der Waals surface area contributed by atoms with Gasteiger partial charge >= 0.3 is 12.1 Å². The van der Waals surface area contributed by atoms with Crippen molar-refractivity contribution in [3.05, 3.63) is 35.1 Å². The standard InChI is InChI=1S/C18H26FN3O3S/c1-12-10-13(19)4-5-15(12)16-11-14(6-8-22(16)17(20)23)25-18(24)21-7-3-9-26-2/h4-5,10,14,16H,3,6-9,11H2,1-2H3,(H2,20,23)(H,21,24). The number of alkyl carbamates (subject to hydrolysis) is 1. The highest BCUT2D eigenvalue weighted by Crippen LogP contribution is 2.34. The highest BCUT2D eigenvalue weighted by Gasteiger charge is 2.34. The number of piperidine rings is 1. The van der Waals surface area contributed by atoms with Crippen molar-refractivity contribution >= 4 is 23.9 Å². The molecule has 1 heterocycles. The number of nitrogens with one attached hydrogen (secondary N) is 1. The molecule has 1 fully saturated rings. The average molecular weight is 383 g/mol. The normalized spacial score (nSPS) is 19.9. The Hall–Kier alpha value is -1.96. The van der Waals surface area contributed by atoms with E-state index in [2.05, 4.69) is 5.32 Å². The number of benzene rings is 1. The maximum absolute atomic E-state index is 13.4. The Kier molecular flexibility index (Phi) is 7.56. The minimum atomic E-state index is -0.529. The number of aryl methyl sites for hydroxylation is 1. The summed E-state index contributed by atoms with van der Waals surface area (Å²) in [5, 5.41) is 2.74.